The third-order valence-corrected chi connectivity index (χ3v) is 3.79. The van der Waals surface area contributed by atoms with Crippen molar-refractivity contribution in [3.8, 4) is 0 Å². The zero-order valence-corrected chi connectivity index (χ0v) is 15.7. The van der Waals surface area contributed by atoms with E-state index in [2.05, 4.69) is 41.4 Å². The van der Waals surface area contributed by atoms with Gasteiger partial charge in [-0.1, -0.05) is 69.8 Å². The Morgan fingerprint density at radius 2 is 1.42 bits per heavy atom. The molecule has 0 saturated heterocycles. The van der Waals surface area contributed by atoms with E-state index in [9.17, 15) is 4.79 Å². The van der Waals surface area contributed by atoms with Gasteiger partial charge in [-0.25, -0.2) is 4.79 Å². The highest BCUT2D eigenvalue weighted by Crippen LogP contribution is 2.08. The third kappa shape index (κ3) is 18.8. The van der Waals surface area contributed by atoms with E-state index in [4.69, 9.17) is 4.84 Å². The maximum Gasteiger partial charge on any atom is 0.431 e. The highest BCUT2D eigenvalue weighted by atomic mass is 16.7. The second-order valence-electron chi connectivity index (χ2n) is 6.03. The van der Waals surface area contributed by atoms with Crippen molar-refractivity contribution in [1.82, 2.24) is 5.48 Å². The summed E-state index contributed by atoms with van der Waals surface area (Å²) < 4.78 is 4.40. The molecule has 1 amide bonds. The van der Waals surface area contributed by atoms with Crippen LogP contribution < -0.4 is 5.48 Å². The van der Waals surface area contributed by atoms with Gasteiger partial charge in [-0.05, 0) is 38.5 Å². The number of carbonyl (C=O) groups is 1. The van der Waals surface area contributed by atoms with Crippen LogP contribution in [-0.2, 0) is 9.57 Å². The zero-order valence-electron chi connectivity index (χ0n) is 15.7. The molecule has 0 aromatic heterocycles. The predicted octanol–water partition coefficient (Wildman–Crippen LogP) is 6.09. The van der Waals surface area contributed by atoms with Crippen molar-refractivity contribution in [2.45, 2.75) is 84.0 Å². The van der Waals surface area contributed by atoms with Gasteiger partial charge >= 0.3 is 6.09 Å². The number of hydrogen-bond donors (Lipinski definition) is 1. The molecule has 1 N–H and O–H groups in total. The third-order valence-electron chi connectivity index (χ3n) is 3.79. The molecule has 0 aromatic carbocycles. The number of hydroxylamine groups is 1. The van der Waals surface area contributed by atoms with Gasteiger partial charge in [0.25, 0.3) is 0 Å². The van der Waals surface area contributed by atoms with Gasteiger partial charge in [-0.15, -0.1) is 0 Å². The van der Waals surface area contributed by atoms with Gasteiger partial charge in [0, 0.05) is 0 Å². The van der Waals surface area contributed by atoms with Gasteiger partial charge in [-0.3, -0.25) is 4.84 Å². The Kier molecular flexibility index (Phi) is 18.7. The Balaban J connectivity index is 3.16. The van der Waals surface area contributed by atoms with Crippen LogP contribution in [0.4, 0.5) is 4.79 Å². The van der Waals surface area contributed by atoms with Crippen LogP contribution in [0.15, 0.2) is 24.3 Å². The number of hydrogen-bond acceptors (Lipinski definition) is 3. The van der Waals surface area contributed by atoms with Crippen LogP contribution in [0.25, 0.3) is 0 Å². The summed E-state index contributed by atoms with van der Waals surface area (Å²) in [6.07, 6.45) is 23.3. The van der Waals surface area contributed by atoms with E-state index in [0.717, 1.165) is 19.3 Å². The largest absolute Gasteiger partial charge is 0.451 e. The maximum absolute atomic E-state index is 10.7. The van der Waals surface area contributed by atoms with Crippen LogP contribution in [0.2, 0.25) is 0 Å². The normalized spacial score (nSPS) is 11.4. The van der Waals surface area contributed by atoms with Crippen molar-refractivity contribution < 1.29 is 14.4 Å². The van der Waals surface area contributed by atoms with Crippen LogP contribution in [0.5, 0.6) is 0 Å². The number of allylic oxidation sites excluding steroid dienone is 4. The fourth-order valence-corrected chi connectivity index (χ4v) is 2.31. The van der Waals surface area contributed by atoms with Crippen LogP contribution in [0.1, 0.15) is 84.0 Å². The molecule has 0 aliphatic carbocycles. The Morgan fingerprint density at radius 3 is 2.04 bits per heavy atom. The monoisotopic (exact) mass is 339 g/mol. The summed E-state index contributed by atoms with van der Waals surface area (Å²) in [5, 5.41) is 0. The van der Waals surface area contributed by atoms with Crippen molar-refractivity contribution in [3.63, 3.8) is 0 Å². The van der Waals surface area contributed by atoms with E-state index >= 15 is 0 Å². The second kappa shape index (κ2) is 19.8. The molecule has 0 bridgehead atoms. The molecule has 0 unspecified atom stereocenters. The molecule has 0 saturated carbocycles. The topological polar surface area (TPSA) is 47.6 Å². The first-order valence-corrected chi connectivity index (χ1v) is 9.57. The first-order valence-electron chi connectivity index (χ1n) is 9.57. The second-order valence-corrected chi connectivity index (χ2v) is 6.03. The van der Waals surface area contributed by atoms with Crippen molar-refractivity contribution in [2.75, 3.05) is 13.7 Å². The summed E-state index contributed by atoms with van der Waals surface area (Å²) in [6.45, 7) is 2.79. The first kappa shape index (κ1) is 22.7. The highest BCUT2D eigenvalue weighted by molar-refractivity contribution is 5.65. The molecule has 0 heterocycles. The van der Waals surface area contributed by atoms with Crippen molar-refractivity contribution in [3.05, 3.63) is 24.3 Å². The van der Waals surface area contributed by atoms with Crippen LogP contribution in [-0.4, -0.2) is 19.8 Å². The standard InChI is InChI=1S/C20H37NO3/c1-3-4-5-6-7-8-9-10-11-12-13-14-15-16-17-18-19-24-21-20(22)23-2/h7-8,10-11H,3-6,9,12-19H2,1-2H3,(H,21,22)/b8-7-,11-10-. The average Bonchev–Trinajstić information content (AvgIpc) is 2.60. The lowest BCUT2D eigenvalue weighted by Crippen LogP contribution is -2.23. The van der Waals surface area contributed by atoms with Gasteiger partial charge in [0.15, 0.2) is 0 Å². The number of methoxy groups -OCH3 is 1. The lowest BCUT2D eigenvalue weighted by molar-refractivity contribution is 0.0332. The molecule has 24 heavy (non-hydrogen) atoms. The predicted molar refractivity (Wildman–Crippen MR) is 101 cm³/mol. The minimum absolute atomic E-state index is 0.545. The number of rotatable bonds is 16. The molecule has 0 atom stereocenters. The summed E-state index contributed by atoms with van der Waals surface area (Å²) in [4.78, 5) is 15.7. The number of amides is 1. The molecule has 0 radical (unpaired) electrons. The fraction of sp³-hybridized carbons (Fsp3) is 0.750. The van der Waals surface area contributed by atoms with Crippen LogP contribution in [0.3, 0.4) is 0 Å². The number of unbranched alkanes of at least 4 members (excludes halogenated alkanes) is 9. The summed E-state index contributed by atoms with van der Waals surface area (Å²) in [6, 6.07) is 0. The molecule has 0 aliphatic heterocycles. The van der Waals surface area contributed by atoms with E-state index in [0.29, 0.717) is 6.61 Å². The van der Waals surface area contributed by atoms with Crippen LogP contribution in [0, 0.1) is 0 Å². The van der Waals surface area contributed by atoms with Crippen molar-refractivity contribution in [1.29, 1.82) is 0 Å². The molecule has 0 aromatic rings. The smallest absolute Gasteiger partial charge is 0.431 e. The quantitative estimate of drug-likeness (QED) is 0.210. The van der Waals surface area contributed by atoms with Gasteiger partial charge in [-0.2, -0.15) is 5.48 Å². The van der Waals surface area contributed by atoms with E-state index in [-0.39, 0.29) is 0 Å². The minimum atomic E-state index is -0.546. The number of carbonyl (C=O) groups excluding carboxylic acids is 1. The van der Waals surface area contributed by atoms with Gasteiger partial charge in [0.2, 0.25) is 0 Å². The molecule has 140 valence electrons. The SMILES string of the molecule is CCCCC/C=C\C/C=C\CCCCCCCCONC(=O)OC. The lowest BCUT2D eigenvalue weighted by atomic mass is 10.1. The molecule has 4 heteroatoms. The minimum Gasteiger partial charge on any atom is -0.451 e. The summed E-state index contributed by atoms with van der Waals surface area (Å²) in [5.41, 5.74) is 2.21. The summed E-state index contributed by atoms with van der Waals surface area (Å²) in [7, 11) is 1.32. The number of ether oxygens (including phenoxy) is 1. The van der Waals surface area contributed by atoms with Gasteiger partial charge in [0.05, 0.1) is 13.7 Å². The fourth-order valence-electron chi connectivity index (χ4n) is 2.31. The maximum atomic E-state index is 10.7. The zero-order chi connectivity index (χ0) is 17.7. The van der Waals surface area contributed by atoms with Crippen molar-refractivity contribution in [2.24, 2.45) is 0 Å². The summed E-state index contributed by atoms with van der Waals surface area (Å²) >= 11 is 0. The highest BCUT2D eigenvalue weighted by Gasteiger charge is 1.96. The molecule has 0 aliphatic rings. The lowest BCUT2D eigenvalue weighted by Gasteiger charge is -2.04. The molecule has 4 nitrogen and oxygen atoms in total. The molecule has 0 spiro atoms. The van der Waals surface area contributed by atoms with Gasteiger partial charge < -0.3 is 4.74 Å². The number of nitrogens with one attached hydrogen (secondary N) is 1. The first-order chi connectivity index (χ1) is 11.8. The Hall–Kier alpha value is -1.29. The molecular formula is C20H37NO3. The van der Waals surface area contributed by atoms with E-state index < -0.39 is 6.09 Å². The van der Waals surface area contributed by atoms with E-state index in [1.807, 2.05) is 0 Å². The molecule has 0 fully saturated rings. The average molecular weight is 340 g/mol. The van der Waals surface area contributed by atoms with Crippen LogP contribution >= 0.6 is 0 Å². The van der Waals surface area contributed by atoms with E-state index in [1.54, 1.807) is 0 Å². The molecule has 0 rings (SSSR count). The summed E-state index contributed by atoms with van der Waals surface area (Å²) in [5.74, 6) is 0. The Labute approximate surface area is 148 Å². The van der Waals surface area contributed by atoms with E-state index in [1.165, 1.54) is 64.9 Å². The Morgan fingerprint density at radius 1 is 0.833 bits per heavy atom. The van der Waals surface area contributed by atoms with Crippen molar-refractivity contribution >= 4 is 6.09 Å². The van der Waals surface area contributed by atoms with Gasteiger partial charge in [0.1, 0.15) is 0 Å². The Bertz CT molecular complexity index is 327. The molecular weight excluding hydrogens is 302 g/mol.